The Morgan fingerprint density at radius 1 is 1.24 bits per heavy atom. The normalized spacial score (nSPS) is 10.7. The largest absolute Gasteiger partial charge is 0.508 e. The lowest BCUT2D eigenvalue weighted by Crippen LogP contribution is -1.91. The number of aromatic nitrogens is 1. The molecule has 0 spiro atoms. The van der Waals surface area contributed by atoms with Gasteiger partial charge in [0.1, 0.15) is 5.75 Å². The predicted octanol–water partition coefficient (Wildman–Crippen LogP) is 3.10. The van der Waals surface area contributed by atoms with Gasteiger partial charge in [-0.15, -0.1) is 0 Å². The summed E-state index contributed by atoms with van der Waals surface area (Å²) in [6.45, 7) is 2.75. The van der Waals surface area contributed by atoms with Gasteiger partial charge in [0.2, 0.25) is 0 Å². The first-order valence-electron chi connectivity index (χ1n) is 5.73. The second-order valence-electron chi connectivity index (χ2n) is 4.00. The Labute approximate surface area is 101 Å². The van der Waals surface area contributed by atoms with Crippen LogP contribution in [0.3, 0.4) is 0 Å². The monoisotopic (exact) mass is 231 g/mol. The van der Waals surface area contributed by atoms with Crippen LogP contribution in [0.25, 0.3) is 11.3 Å². The molecule has 3 heteroatoms. The van der Waals surface area contributed by atoms with Gasteiger partial charge in [-0.3, -0.25) is 0 Å². The molecule has 17 heavy (non-hydrogen) atoms. The lowest BCUT2D eigenvalue weighted by molar-refractivity contribution is 0.184. The number of methoxy groups -OCH3 is 1. The van der Waals surface area contributed by atoms with Crippen LogP contribution >= 0.6 is 0 Å². The number of aromatic hydroxyl groups is 1. The van der Waals surface area contributed by atoms with Crippen molar-refractivity contribution in [3.8, 4) is 17.0 Å². The third kappa shape index (κ3) is 2.34. The van der Waals surface area contributed by atoms with E-state index in [-0.39, 0.29) is 5.75 Å². The third-order valence-electron chi connectivity index (χ3n) is 2.89. The maximum absolute atomic E-state index is 9.29. The highest BCUT2D eigenvalue weighted by Gasteiger charge is 2.10. The molecule has 0 unspecified atom stereocenters. The molecule has 0 atom stereocenters. The maximum Gasteiger partial charge on any atom is 0.115 e. The van der Waals surface area contributed by atoms with E-state index in [1.807, 2.05) is 18.3 Å². The molecule has 0 saturated carbocycles. The van der Waals surface area contributed by atoms with E-state index in [1.165, 1.54) is 11.1 Å². The number of H-pyrrole nitrogens is 1. The van der Waals surface area contributed by atoms with Gasteiger partial charge in [0.25, 0.3) is 0 Å². The molecule has 0 bridgehead atoms. The number of hydrogen-bond donors (Lipinski definition) is 2. The summed E-state index contributed by atoms with van der Waals surface area (Å²) in [7, 11) is 1.70. The van der Waals surface area contributed by atoms with Gasteiger partial charge in [-0.05, 0) is 47.4 Å². The molecule has 1 aromatic heterocycles. The second-order valence-corrected chi connectivity index (χ2v) is 4.00. The van der Waals surface area contributed by atoms with Gasteiger partial charge in [-0.1, -0.05) is 6.92 Å². The van der Waals surface area contributed by atoms with Crippen LogP contribution in [0.1, 0.15) is 18.1 Å². The van der Waals surface area contributed by atoms with Crippen molar-refractivity contribution < 1.29 is 9.84 Å². The van der Waals surface area contributed by atoms with Crippen LogP contribution in [0.2, 0.25) is 0 Å². The van der Waals surface area contributed by atoms with Gasteiger partial charge in [0.15, 0.2) is 0 Å². The summed E-state index contributed by atoms with van der Waals surface area (Å²) < 4.78 is 5.18. The third-order valence-corrected chi connectivity index (χ3v) is 2.89. The smallest absolute Gasteiger partial charge is 0.115 e. The Hall–Kier alpha value is -1.74. The summed E-state index contributed by atoms with van der Waals surface area (Å²) in [6.07, 6.45) is 2.95. The lowest BCUT2D eigenvalue weighted by Gasteiger charge is -2.05. The van der Waals surface area contributed by atoms with Gasteiger partial charge in [-0.2, -0.15) is 0 Å². The molecule has 3 nitrogen and oxygen atoms in total. The Morgan fingerprint density at radius 2 is 1.94 bits per heavy atom. The molecule has 2 rings (SSSR count). The summed E-state index contributed by atoms with van der Waals surface area (Å²) in [5, 5.41) is 9.29. The van der Waals surface area contributed by atoms with Crippen LogP contribution in [0, 0.1) is 0 Å². The molecule has 1 heterocycles. The van der Waals surface area contributed by atoms with Crippen molar-refractivity contribution in [3.05, 3.63) is 41.6 Å². The molecule has 1 aromatic carbocycles. The fourth-order valence-electron chi connectivity index (χ4n) is 2.07. The highest BCUT2D eigenvalue weighted by Crippen LogP contribution is 2.27. The number of phenolic OH excluding ortho intramolecular Hbond substituents is 1. The zero-order valence-corrected chi connectivity index (χ0v) is 10.2. The molecule has 2 N–H and O–H groups in total. The molecule has 90 valence electrons. The van der Waals surface area contributed by atoms with Crippen LogP contribution in [0.4, 0.5) is 0 Å². The van der Waals surface area contributed by atoms with Crippen molar-refractivity contribution in [1.82, 2.24) is 4.98 Å². The van der Waals surface area contributed by atoms with Crippen LogP contribution < -0.4 is 0 Å². The number of phenols is 1. The summed E-state index contributed by atoms with van der Waals surface area (Å²) in [5.74, 6) is 0.287. The van der Waals surface area contributed by atoms with E-state index in [4.69, 9.17) is 4.74 Å². The van der Waals surface area contributed by atoms with Crippen molar-refractivity contribution in [3.63, 3.8) is 0 Å². The summed E-state index contributed by atoms with van der Waals surface area (Å²) in [6, 6.07) is 7.23. The fraction of sp³-hybridized carbons (Fsp3) is 0.286. The predicted molar refractivity (Wildman–Crippen MR) is 68.0 cm³/mol. The quantitative estimate of drug-likeness (QED) is 0.849. The fourth-order valence-corrected chi connectivity index (χ4v) is 2.07. The maximum atomic E-state index is 9.29. The summed E-state index contributed by atoms with van der Waals surface area (Å²) in [4.78, 5) is 3.28. The SMILES string of the molecule is CCc1c(COC)c[nH]c1-c1ccc(O)cc1. The zero-order valence-electron chi connectivity index (χ0n) is 10.2. The van der Waals surface area contributed by atoms with Gasteiger partial charge in [0, 0.05) is 19.0 Å². The van der Waals surface area contributed by atoms with Crippen LogP contribution in [-0.4, -0.2) is 17.2 Å². The number of aromatic amines is 1. The van der Waals surface area contributed by atoms with Gasteiger partial charge < -0.3 is 14.8 Å². The minimum absolute atomic E-state index is 0.287. The average Bonchev–Trinajstić information content (AvgIpc) is 2.73. The molecule has 0 radical (unpaired) electrons. The molecule has 0 aliphatic rings. The van der Waals surface area contributed by atoms with Crippen molar-refractivity contribution in [2.75, 3.05) is 7.11 Å². The van der Waals surface area contributed by atoms with Crippen molar-refractivity contribution in [1.29, 1.82) is 0 Å². The Kier molecular flexibility index (Phi) is 3.49. The molecule has 2 aromatic rings. The number of hydrogen-bond acceptors (Lipinski definition) is 2. The lowest BCUT2D eigenvalue weighted by atomic mass is 10.0. The molecular formula is C14H17NO2. The summed E-state index contributed by atoms with van der Waals surface area (Å²) >= 11 is 0. The van der Waals surface area contributed by atoms with Gasteiger partial charge in [0.05, 0.1) is 6.61 Å². The van der Waals surface area contributed by atoms with Crippen molar-refractivity contribution >= 4 is 0 Å². The Bertz CT molecular complexity index is 485. The Morgan fingerprint density at radius 3 is 2.53 bits per heavy atom. The molecular weight excluding hydrogens is 214 g/mol. The summed E-state index contributed by atoms with van der Waals surface area (Å²) in [5.41, 5.74) is 4.66. The minimum Gasteiger partial charge on any atom is -0.508 e. The first-order chi connectivity index (χ1) is 8.26. The molecule has 0 aliphatic heterocycles. The van der Waals surface area contributed by atoms with Crippen molar-refractivity contribution in [2.24, 2.45) is 0 Å². The number of ether oxygens (including phenoxy) is 1. The minimum atomic E-state index is 0.287. The number of rotatable bonds is 4. The first kappa shape index (κ1) is 11.7. The number of nitrogens with one attached hydrogen (secondary N) is 1. The van der Waals surface area contributed by atoms with E-state index in [0.717, 1.165) is 17.7 Å². The topological polar surface area (TPSA) is 45.2 Å². The van der Waals surface area contributed by atoms with Crippen molar-refractivity contribution in [2.45, 2.75) is 20.0 Å². The average molecular weight is 231 g/mol. The van der Waals surface area contributed by atoms with E-state index >= 15 is 0 Å². The van der Waals surface area contributed by atoms with E-state index in [0.29, 0.717) is 6.61 Å². The highest BCUT2D eigenvalue weighted by atomic mass is 16.5. The molecule has 0 saturated heterocycles. The highest BCUT2D eigenvalue weighted by molar-refractivity contribution is 5.66. The second kappa shape index (κ2) is 5.06. The van der Waals surface area contributed by atoms with Gasteiger partial charge >= 0.3 is 0 Å². The molecule has 0 amide bonds. The van der Waals surface area contributed by atoms with Crippen LogP contribution in [0.15, 0.2) is 30.5 Å². The first-order valence-corrected chi connectivity index (χ1v) is 5.73. The van der Waals surface area contributed by atoms with E-state index < -0.39 is 0 Å². The standard InChI is InChI=1S/C14H17NO2/c1-3-13-11(9-17-2)8-15-14(13)10-4-6-12(16)7-5-10/h4-8,15-16H,3,9H2,1-2H3. The van der Waals surface area contributed by atoms with E-state index in [2.05, 4.69) is 11.9 Å². The number of benzene rings is 1. The van der Waals surface area contributed by atoms with E-state index in [9.17, 15) is 5.11 Å². The van der Waals surface area contributed by atoms with Crippen LogP contribution in [0.5, 0.6) is 5.75 Å². The van der Waals surface area contributed by atoms with Crippen LogP contribution in [-0.2, 0) is 17.8 Å². The molecule has 0 aliphatic carbocycles. The van der Waals surface area contributed by atoms with E-state index in [1.54, 1.807) is 19.2 Å². The molecule has 0 fully saturated rings. The zero-order chi connectivity index (χ0) is 12.3. The Balaban J connectivity index is 2.41. The van der Waals surface area contributed by atoms with Gasteiger partial charge in [-0.25, -0.2) is 0 Å².